The number of ketones is 1. The summed E-state index contributed by atoms with van der Waals surface area (Å²) in [7, 11) is 0. The summed E-state index contributed by atoms with van der Waals surface area (Å²) < 4.78 is 1.94. The zero-order valence-electron chi connectivity index (χ0n) is 16.4. The summed E-state index contributed by atoms with van der Waals surface area (Å²) in [4.78, 5) is 28.2. The first kappa shape index (κ1) is 20.5. The van der Waals surface area contributed by atoms with Gasteiger partial charge in [-0.3, -0.25) is 14.9 Å². The summed E-state index contributed by atoms with van der Waals surface area (Å²) in [5.41, 5.74) is 2.89. The smallest absolute Gasteiger partial charge is 0.321 e. The second-order valence-electron chi connectivity index (χ2n) is 7.11. The lowest BCUT2D eigenvalue weighted by atomic mass is 10.0. The van der Waals surface area contributed by atoms with E-state index in [2.05, 4.69) is 10.3 Å². The van der Waals surface area contributed by atoms with Gasteiger partial charge in [-0.15, -0.1) is 0 Å². The van der Waals surface area contributed by atoms with E-state index in [1.807, 2.05) is 65.2 Å². The van der Waals surface area contributed by atoms with Gasteiger partial charge in [0.15, 0.2) is 0 Å². The number of hydrogen-bond donors (Lipinski definition) is 2. The molecule has 0 aliphatic carbocycles. The third-order valence-electron chi connectivity index (χ3n) is 4.88. The Hall–Kier alpha value is -3.25. The minimum atomic E-state index is -0.989. The van der Waals surface area contributed by atoms with Gasteiger partial charge in [0.25, 0.3) is 0 Å². The second kappa shape index (κ2) is 9.80. The molecule has 0 aliphatic heterocycles. The molecular weight excluding hydrogens is 366 g/mol. The summed E-state index contributed by atoms with van der Waals surface area (Å²) in [5.74, 6) is -1.07. The minimum absolute atomic E-state index is 0.0853. The van der Waals surface area contributed by atoms with Crippen molar-refractivity contribution in [3.8, 4) is 0 Å². The number of aromatic nitrogens is 2. The van der Waals surface area contributed by atoms with Crippen LogP contribution < -0.4 is 5.32 Å². The summed E-state index contributed by atoms with van der Waals surface area (Å²) in [5, 5.41) is 12.8. The van der Waals surface area contributed by atoms with E-state index in [0.29, 0.717) is 13.0 Å². The van der Waals surface area contributed by atoms with Crippen molar-refractivity contribution in [3.05, 3.63) is 90.0 Å². The molecule has 0 saturated carbocycles. The van der Waals surface area contributed by atoms with Crippen LogP contribution >= 0.6 is 0 Å². The van der Waals surface area contributed by atoms with Crippen molar-refractivity contribution in [2.24, 2.45) is 0 Å². The molecule has 0 fully saturated rings. The molecular formula is C23H25N3O3. The number of aliphatic carboxylic acids is 1. The zero-order chi connectivity index (χ0) is 20.6. The van der Waals surface area contributed by atoms with Gasteiger partial charge < -0.3 is 9.67 Å². The fraction of sp³-hybridized carbons (Fsp3) is 0.261. The number of nitrogens with one attached hydrogen (secondary N) is 1. The SMILES string of the molecule is CC(=O)C(Cc1ccccc1)NC(Cc1cncn1Cc1ccccc1)C(=O)O. The maximum Gasteiger partial charge on any atom is 0.321 e. The topological polar surface area (TPSA) is 84.2 Å². The first-order valence-corrected chi connectivity index (χ1v) is 9.59. The van der Waals surface area contributed by atoms with Crippen LogP contribution in [0.4, 0.5) is 0 Å². The Morgan fingerprint density at radius 2 is 1.59 bits per heavy atom. The number of carbonyl (C=O) groups excluding carboxylic acids is 1. The average molecular weight is 391 g/mol. The molecule has 2 unspecified atom stereocenters. The van der Waals surface area contributed by atoms with Crippen LogP contribution in [0.25, 0.3) is 0 Å². The average Bonchev–Trinajstić information content (AvgIpc) is 3.14. The number of Topliss-reactive ketones (excluding diaryl/α,β-unsaturated/α-hetero) is 1. The fourth-order valence-electron chi connectivity index (χ4n) is 3.28. The Labute approximate surface area is 170 Å². The predicted octanol–water partition coefficient (Wildman–Crippen LogP) is 2.72. The van der Waals surface area contributed by atoms with Gasteiger partial charge in [0.05, 0.1) is 12.4 Å². The Morgan fingerprint density at radius 3 is 2.17 bits per heavy atom. The van der Waals surface area contributed by atoms with Gasteiger partial charge in [-0.05, 0) is 24.5 Å². The van der Waals surface area contributed by atoms with Crippen molar-refractivity contribution in [2.45, 2.75) is 38.4 Å². The summed E-state index contributed by atoms with van der Waals surface area (Å²) in [6, 6.07) is 18.1. The largest absolute Gasteiger partial charge is 0.480 e. The number of hydrogen-bond acceptors (Lipinski definition) is 4. The van der Waals surface area contributed by atoms with Crippen molar-refractivity contribution in [2.75, 3.05) is 0 Å². The van der Waals surface area contributed by atoms with Crippen molar-refractivity contribution in [1.29, 1.82) is 0 Å². The number of rotatable bonds is 10. The Morgan fingerprint density at radius 1 is 0.966 bits per heavy atom. The molecule has 2 atom stereocenters. The number of imidazole rings is 1. The van der Waals surface area contributed by atoms with Crippen LogP contribution in [0.15, 0.2) is 73.2 Å². The molecule has 0 bridgehead atoms. The Kier molecular flexibility index (Phi) is 6.92. The van der Waals surface area contributed by atoms with Gasteiger partial charge >= 0.3 is 5.97 Å². The fourth-order valence-corrected chi connectivity index (χ4v) is 3.28. The highest BCUT2D eigenvalue weighted by atomic mass is 16.4. The number of nitrogens with zero attached hydrogens (tertiary/aromatic N) is 2. The van der Waals surface area contributed by atoms with Crippen LogP contribution in [-0.2, 0) is 29.0 Å². The lowest BCUT2D eigenvalue weighted by Gasteiger charge is -2.22. The highest BCUT2D eigenvalue weighted by Crippen LogP contribution is 2.11. The molecule has 2 aromatic carbocycles. The second-order valence-corrected chi connectivity index (χ2v) is 7.11. The molecule has 2 N–H and O–H groups in total. The quantitative estimate of drug-likeness (QED) is 0.555. The summed E-state index contributed by atoms with van der Waals surface area (Å²) in [6.45, 7) is 2.10. The molecule has 3 aromatic rings. The lowest BCUT2D eigenvalue weighted by molar-refractivity contribution is -0.139. The van der Waals surface area contributed by atoms with Crippen LogP contribution in [0, 0.1) is 0 Å². The van der Waals surface area contributed by atoms with Crippen LogP contribution in [-0.4, -0.2) is 38.5 Å². The summed E-state index contributed by atoms with van der Waals surface area (Å²) >= 11 is 0. The van der Waals surface area contributed by atoms with Crippen molar-refractivity contribution < 1.29 is 14.7 Å². The molecule has 3 rings (SSSR count). The van der Waals surface area contributed by atoms with Crippen LogP contribution in [0.2, 0.25) is 0 Å². The molecule has 6 nitrogen and oxygen atoms in total. The van der Waals surface area contributed by atoms with E-state index < -0.39 is 18.1 Å². The molecule has 0 spiro atoms. The van der Waals surface area contributed by atoms with E-state index in [4.69, 9.17) is 0 Å². The molecule has 0 amide bonds. The molecule has 1 heterocycles. The van der Waals surface area contributed by atoms with E-state index in [1.165, 1.54) is 6.92 Å². The van der Waals surface area contributed by atoms with Gasteiger partial charge in [0.1, 0.15) is 11.8 Å². The maximum absolute atomic E-state index is 12.1. The van der Waals surface area contributed by atoms with Crippen molar-refractivity contribution >= 4 is 11.8 Å². The van der Waals surface area contributed by atoms with Gasteiger partial charge in [-0.25, -0.2) is 4.98 Å². The third-order valence-corrected chi connectivity index (χ3v) is 4.88. The number of carbonyl (C=O) groups is 2. The van der Waals surface area contributed by atoms with Gasteiger partial charge in [-0.1, -0.05) is 60.7 Å². The highest BCUT2D eigenvalue weighted by Gasteiger charge is 2.25. The molecule has 0 radical (unpaired) electrons. The third kappa shape index (κ3) is 5.86. The zero-order valence-corrected chi connectivity index (χ0v) is 16.4. The molecule has 6 heteroatoms. The normalized spacial score (nSPS) is 13.0. The van der Waals surface area contributed by atoms with Crippen molar-refractivity contribution in [3.63, 3.8) is 0 Å². The standard InChI is InChI=1S/C23H25N3O3/c1-17(27)21(12-18-8-4-2-5-9-18)25-22(23(28)29)13-20-14-24-16-26(20)15-19-10-6-3-7-11-19/h2-11,14,16,21-22,25H,12-13,15H2,1H3,(H,28,29). The number of benzene rings is 2. The Balaban J connectivity index is 1.72. The van der Waals surface area contributed by atoms with Crippen LogP contribution in [0.5, 0.6) is 0 Å². The first-order valence-electron chi connectivity index (χ1n) is 9.59. The van der Waals surface area contributed by atoms with E-state index in [1.54, 1.807) is 12.5 Å². The Bertz CT molecular complexity index is 938. The monoisotopic (exact) mass is 391 g/mol. The van der Waals surface area contributed by atoms with E-state index >= 15 is 0 Å². The van der Waals surface area contributed by atoms with Gasteiger partial charge in [0.2, 0.25) is 0 Å². The number of carboxylic acid groups (broad SMARTS) is 1. The lowest BCUT2D eigenvalue weighted by Crippen LogP contribution is -2.48. The van der Waals surface area contributed by atoms with E-state index in [-0.39, 0.29) is 12.2 Å². The van der Waals surface area contributed by atoms with Crippen LogP contribution in [0.1, 0.15) is 23.7 Å². The van der Waals surface area contributed by atoms with Gasteiger partial charge in [-0.2, -0.15) is 0 Å². The molecule has 1 aromatic heterocycles. The maximum atomic E-state index is 12.1. The molecule has 150 valence electrons. The predicted molar refractivity (Wildman–Crippen MR) is 111 cm³/mol. The molecule has 0 saturated heterocycles. The first-order chi connectivity index (χ1) is 14.0. The van der Waals surface area contributed by atoms with Crippen LogP contribution in [0.3, 0.4) is 0 Å². The highest BCUT2D eigenvalue weighted by molar-refractivity contribution is 5.83. The minimum Gasteiger partial charge on any atom is -0.480 e. The molecule has 0 aliphatic rings. The van der Waals surface area contributed by atoms with Gasteiger partial charge in [0, 0.05) is 24.9 Å². The number of carboxylic acids is 1. The van der Waals surface area contributed by atoms with E-state index in [9.17, 15) is 14.7 Å². The molecule has 29 heavy (non-hydrogen) atoms. The summed E-state index contributed by atoms with van der Waals surface area (Å²) in [6.07, 6.45) is 4.07. The van der Waals surface area contributed by atoms with E-state index in [0.717, 1.165) is 16.8 Å². The van der Waals surface area contributed by atoms with Crippen molar-refractivity contribution in [1.82, 2.24) is 14.9 Å².